The summed E-state index contributed by atoms with van der Waals surface area (Å²) in [6.07, 6.45) is 3.77. The third-order valence-corrected chi connectivity index (χ3v) is 5.52. The minimum atomic E-state index is -0.573. The standard InChI is InChI=1S/C18H20N2O5S2/c1-23-14-7-11(4-5-13(14)25-10-16(19)21)8-15-17(22)20(18(26)27-15)9-12-3-2-6-24-12/h4-5,7-8,12H,2-3,6,9-10H2,1H3,(H2,19,21)/b15-8-/t12-/m0/s1. The molecule has 2 aliphatic heterocycles. The summed E-state index contributed by atoms with van der Waals surface area (Å²) in [6.45, 7) is 0.988. The average Bonchev–Trinajstić information content (AvgIpc) is 3.24. The summed E-state index contributed by atoms with van der Waals surface area (Å²) < 4.78 is 16.7. The zero-order valence-corrected chi connectivity index (χ0v) is 16.4. The first-order valence-corrected chi connectivity index (χ1v) is 9.66. The minimum absolute atomic E-state index is 0.0497. The lowest BCUT2D eigenvalue weighted by Gasteiger charge is -2.18. The highest BCUT2D eigenvalue weighted by Crippen LogP contribution is 2.35. The predicted octanol–water partition coefficient (Wildman–Crippen LogP) is 1.94. The van der Waals surface area contributed by atoms with Gasteiger partial charge in [0, 0.05) is 6.61 Å². The molecule has 7 nitrogen and oxygen atoms in total. The number of benzene rings is 1. The van der Waals surface area contributed by atoms with Crippen molar-refractivity contribution in [2.75, 3.05) is 26.9 Å². The van der Waals surface area contributed by atoms with Crippen LogP contribution in [-0.4, -0.2) is 54.0 Å². The molecule has 2 saturated heterocycles. The second kappa shape index (κ2) is 8.73. The Bertz CT molecular complexity index is 790. The van der Waals surface area contributed by atoms with Gasteiger partial charge in [0.1, 0.15) is 4.32 Å². The molecule has 0 spiro atoms. The number of primary amides is 1. The van der Waals surface area contributed by atoms with E-state index in [-0.39, 0.29) is 18.6 Å². The second-order valence-corrected chi connectivity index (χ2v) is 7.77. The summed E-state index contributed by atoms with van der Waals surface area (Å²) in [5.41, 5.74) is 5.85. The Morgan fingerprint density at radius 1 is 1.48 bits per heavy atom. The van der Waals surface area contributed by atoms with Crippen LogP contribution in [0.3, 0.4) is 0 Å². The molecule has 2 amide bonds. The summed E-state index contributed by atoms with van der Waals surface area (Å²) in [5.74, 6) is 0.156. The highest BCUT2D eigenvalue weighted by molar-refractivity contribution is 8.26. The van der Waals surface area contributed by atoms with Gasteiger partial charge in [-0.25, -0.2) is 0 Å². The first kappa shape index (κ1) is 19.7. The van der Waals surface area contributed by atoms with E-state index in [1.54, 1.807) is 29.2 Å². The quantitative estimate of drug-likeness (QED) is 0.545. The van der Waals surface area contributed by atoms with Crippen LogP contribution in [-0.2, 0) is 14.3 Å². The maximum atomic E-state index is 12.7. The van der Waals surface area contributed by atoms with Crippen LogP contribution in [0, 0.1) is 0 Å². The van der Waals surface area contributed by atoms with E-state index in [1.807, 2.05) is 0 Å². The topological polar surface area (TPSA) is 91.1 Å². The SMILES string of the molecule is COc1cc(/C=C2\SC(=S)N(C[C@@H]3CCCO3)C2=O)ccc1OCC(N)=O. The molecule has 9 heteroatoms. The molecule has 0 aliphatic carbocycles. The molecule has 2 heterocycles. The maximum Gasteiger partial charge on any atom is 0.266 e. The number of thioether (sulfide) groups is 1. The fraction of sp³-hybridized carbons (Fsp3) is 0.389. The smallest absolute Gasteiger partial charge is 0.266 e. The Balaban J connectivity index is 1.74. The van der Waals surface area contributed by atoms with Crippen LogP contribution >= 0.6 is 24.0 Å². The highest BCUT2D eigenvalue weighted by Gasteiger charge is 2.34. The molecule has 2 N–H and O–H groups in total. The summed E-state index contributed by atoms with van der Waals surface area (Å²) >= 11 is 6.63. The largest absolute Gasteiger partial charge is 0.493 e. The van der Waals surface area contributed by atoms with E-state index in [1.165, 1.54) is 18.9 Å². The van der Waals surface area contributed by atoms with Crippen LogP contribution in [0.2, 0.25) is 0 Å². The third kappa shape index (κ3) is 4.79. The summed E-state index contributed by atoms with van der Waals surface area (Å²) in [4.78, 5) is 25.7. The van der Waals surface area contributed by atoms with Gasteiger partial charge in [0.15, 0.2) is 18.1 Å². The Kier molecular flexibility index (Phi) is 6.35. The van der Waals surface area contributed by atoms with Gasteiger partial charge in [0.05, 0.1) is 24.7 Å². The number of hydrogen-bond donors (Lipinski definition) is 1. The van der Waals surface area contributed by atoms with Gasteiger partial charge in [-0.1, -0.05) is 30.0 Å². The van der Waals surface area contributed by atoms with Crippen molar-refractivity contribution in [1.82, 2.24) is 4.90 Å². The van der Waals surface area contributed by atoms with Crippen molar-refractivity contribution in [2.24, 2.45) is 5.73 Å². The number of hydrogen-bond acceptors (Lipinski definition) is 7. The maximum absolute atomic E-state index is 12.7. The Morgan fingerprint density at radius 2 is 2.30 bits per heavy atom. The van der Waals surface area contributed by atoms with Crippen molar-refractivity contribution < 1.29 is 23.8 Å². The lowest BCUT2D eigenvalue weighted by molar-refractivity contribution is -0.123. The monoisotopic (exact) mass is 408 g/mol. The van der Waals surface area contributed by atoms with E-state index in [4.69, 9.17) is 32.2 Å². The molecule has 1 aromatic carbocycles. The normalized spacial score (nSPS) is 21.1. The molecule has 1 aromatic rings. The number of rotatable bonds is 7. The fourth-order valence-electron chi connectivity index (χ4n) is 2.84. The molecule has 3 rings (SSSR count). The van der Waals surface area contributed by atoms with Crippen molar-refractivity contribution >= 4 is 46.2 Å². The van der Waals surface area contributed by atoms with Crippen LogP contribution in [0.4, 0.5) is 0 Å². The summed E-state index contributed by atoms with van der Waals surface area (Å²) in [7, 11) is 1.50. The first-order valence-electron chi connectivity index (χ1n) is 8.44. The molecule has 27 heavy (non-hydrogen) atoms. The van der Waals surface area contributed by atoms with Gasteiger partial charge in [0.25, 0.3) is 11.8 Å². The zero-order chi connectivity index (χ0) is 19.4. The van der Waals surface area contributed by atoms with Crippen LogP contribution < -0.4 is 15.2 Å². The molecule has 144 valence electrons. The number of ether oxygens (including phenoxy) is 3. The van der Waals surface area contributed by atoms with E-state index in [0.29, 0.717) is 27.3 Å². The van der Waals surface area contributed by atoms with Crippen LogP contribution in [0.15, 0.2) is 23.1 Å². The Morgan fingerprint density at radius 3 is 2.96 bits per heavy atom. The minimum Gasteiger partial charge on any atom is -0.493 e. The Labute approximate surface area is 166 Å². The highest BCUT2D eigenvalue weighted by atomic mass is 32.2. The lowest BCUT2D eigenvalue weighted by atomic mass is 10.1. The third-order valence-electron chi connectivity index (χ3n) is 4.14. The van der Waals surface area contributed by atoms with Crippen molar-refractivity contribution in [3.05, 3.63) is 28.7 Å². The lowest BCUT2D eigenvalue weighted by Crippen LogP contribution is -2.35. The van der Waals surface area contributed by atoms with Crippen LogP contribution in [0.1, 0.15) is 18.4 Å². The number of methoxy groups -OCH3 is 1. The molecule has 0 saturated carbocycles. The van der Waals surface area contributed by atoms with Crippen molar-refractivity contribution in [3.8, 4) is 11.5 Å². The molecule has 0 aromatic heterocycles. The van der Waals surface area contributed by atoms with Gasteiger partial charge in [0.2, 0.25) is 0 Å². The molecule has 1 atom stereocenters. The average molecular weight is 409 g/mol. The van der Waals surface area contributed by atoms with Gasteiger partial charge >= 0.3 is 0 Å². The molecule has 2 fully saturated rings. The van der Waals surface area contributed by atoms with Gasteiger partial charge in [-0.05, 0) is 36.6 Å². The number of nitrogens with two attached hydrogens (primary N) is 1. The molecular formula is C18H20N2O5S2. The predicted molar refractivity (Wildman–Crippen MR) is 107 cm³/mol. The van der Waals surface area contributed by atoms with E-state index < -0.39 is 5.91 Å². The van der Waals surface area contributed by atoms with Gasteiger partial charge in [-0.2, -0.15) is 0 Å². The second-order valence-electron chi connectivity index (χ2n) is 6.09. The number of nitrogens with zero attached hydrogens (tertiary/aromatic N) is 1. The van der Waals surface area contributed by atoms with E-state index in [2.05, 4.69) is 0 Å². The van der Waals surface area contributed by atoms with Crippen molar-refractivity contribution in [3.63, 3.8) is 0 Å². The fourth-order valence-corrected chi connectivity index (χ4v) is 4.12. The molecule has 0 radical (unpaired) electrons. The molecule has 2 aliphatic rings. The number of thiocarbonyl (C=S) groups is 1. The zero-order valence-electron chi connectivity index (χ0n) is 14.8. The molecule has 0 unspecified atom stereocenters. The van der Waals surface area contributed by atoms with Crippen molar-refractivity contribution in [2.45, 2.75) is 18.9 Å². The molecular weight excluding hydrogens is 388 g/mol. The number of carbonyl (C=O) groups is 2. The van der Waals surface area contributed by atoms with Crippen molar-refractivity contribution in [1.29, 1.82) is 0 Å². The van der Waals surface area contributed by atoms with Gasteiger partial charge in [-0.3, -0.25) is 14.5 Å². The van der Waals surface area contributed by atoms with E-state index >= 15 is 0 Å². The number of carbonyl (C=O) groups excluding carboxylic acids is 2. The summed E-state index contributed by atoms with van der Waals surface area (Å²) in [5, 5.41) is 0. The van der Waals surface area contributed by atoms with Gasteiger partial charge in [-0.15, -0.1) is 0 Å². The first-order chi connectivity index (χ1) is 13.0. The van der Waals surface area contributed by atoms with E-state index in [9.17, 15) is 9.59 Å². The van der Waals surface area contributed by atoms with Gasteiger partial charge < -0.3 is 19.9 Å². The molecule has 0 bridgehead atoms. The van der Waals surface area contributed by atoms with Crippen LogP contribution in [0.5, 0.6) is 11.5 Å². The number of amides is 2. The van der Waals surface area contributed by atoms with Crippen LogP contribution in [0.25, 0.3) is 6.08 Å². The Hall–Kier alpha value is -2.10. The van der Waals surface area contributed by atoms with E-state index in [0.717, 1.165) is 25.0 Å². The summed E-state index contributed by atoms with van der Waals surface area (Å²) in [6, 6.07) is 5.16.